The van der Waals surface area contributed by atoms with E-state index in [9.17, 15) is 13.2 Å². The smallest absolute Gasteiger partial charge is 0.246 e. The second-order valence-electron chi connectivity index (χ2n) is 15.0. The number of anilines is 4. The van der Waals surface area contributed by atoms with Gasteiger partial charge in [0.15, 0.2) is 0 Å². The predicted octanol–water partition coefficient (Wildman–Crippen LogP) is 5.33. The van der Waals surface area contributed by atoms with Crippen molar-refractivity contribution in [3.05, 3.63) is 54.4 Å². The summed E-state index contributed by atoms with van der Waals surface area (Å²) in [6.07, 6.45) is 8.55. The molecular formula is C38H50FN7O5S. The minimum atomic E-state index is -3.09. The van der Waals surface area contributed by atoms with E-state index in [1.807, 2.05) is 22.1 Å². The Morgan fingerprint density at radius 3 is 2.58 bits per heavy atom. The van der Waals surface area contributed by atoms with Gasteiger partial charge in [0, 0.05) is 75.0 Å². The van der Waals surface area contributed by atoms with Crippen LogP contribution in [0.15, 0.2) is 43.2 Å². The lowest BCUT2D eigenvalue weighted by molar-refractivity contribution is -0.126. The number of nitrogens with one attached hydrogen (secondary N) is 1. The van der Waals surface area contributed by atoms with Gasteiger partial charge in [0.1, 0.15) is 27.6 Å². The van der Waals surface area contributed by atoms with Gasteiger partial charge in [0.05, 0.1) is 30.5 Å². The fourth-order valence-electron chi connectivity index (χ4n) is 8.34. The number of aromatic nitrogens is 3. The third-order valence-electron chi connectivity index (χ3n) is 10.8. The van der Waals surface area contributed by atoms with Gasteiger partial charge in [-0.2, -0.15) is 4.98 Å². The molecule has 4 aliphatic rings. The van der Waals surface area contributed by atoms with Crippen molar-refractivity contribution in [3.8, 4) is 0 Å². The molecular weight excluding hydrogens is 686 g/mol. The van der Waals surface area contributed by atoms with Gasteiger partial charge in [-0.1, -0.05) is 20.4 Å². The van der Waals surface area contributed by atoms with Crippen LogP contribution in [-0.2, 0) is 24.1 Å². The first-order valence-corrected chi connectivity index (χ1v) is 20.6. The fourth-order valence-corrected chi connectivity index (χ4v) is 9.41. The second-order valence-corrected chi connectivity index (χ2v) is 17.2. The van der Waals surface area contributed by atoms with Gasteiger partial charge in [0.25, 0.3) is 0 Å². The molecule has 4 fully saturated rings. The van der Waals surface area contributed by atoms with Crippen LogP contribution in [0.25, 0.3) is 10.8 Å². The first kappa shape index (κ1) is 36.5. The van der Waals surface area contributed by atoms with Gasteiger partial charge in [-0.3, -0.25) is 4.79 Å². The number of hydrogen-bond donors (Lipinski definition) is 1. The number of carbonyl (C=O) groups excluding carboxylic acids is 1. The van der Waals surface area contributed by atoms with Crippen molar-refractivity contribution in [1.82, 2.24) is 19.9 Å². The van der Waals surface area contributed by atoms with E-state index in [0.717, 1.165) is 53.3 Å². The Morgan fingerprint density at radius 1 is 1.08 bits per heavy atom. The molecule has 0 bridgehead atoms. The average Bonchev–Trinajstić information content (AvgIpc) is 3.60. The molecule has 1 aromatic carbocycles. The average molecular weight is 736 g/mol. The molecule has 0 radical (unpaired) electrons. The van der Waals surface area contributed by atoms with Crippen LogP contribution in [0.4, 0.5) is 27.7 Å². The van der Waals surface area contributed by atoms with E-state index in [2.05, 4.69) is 41.7 Å². The van der Waals surface area contributed by atoms with Gasteiger partial charge in [-0.25, -0.2) is 22.8 Å². The SMILES string of the molecule is C=CC(=O)N1CCC[C@@H]1c1cc(N2CC(CS(C)(=O)=O)C2)c2cnc(Nc3ccnc(N4CC[C@@H](OC5CCOCC5)[C@@H](F)C4)n3)cc2c1C(C)C. The van der Waals surface area contributed by atoms with Crippen molar-refractivity contribution in [1.29, 1.82) is 0 Å². The van der Waals surface area contributed by atoms with Crippen molar-refractivity contribution in [2.24, 2.45) is 5.92 Å². The summed E-state index contributed by atoms with van der Waals surface area (Å²) in [5.74, 6) is 1.85. The standard InChI is InChI=1S/C38H50FN7O5S/c1-5-36(47)46-13-6-7-31(46)28-17-32(45-20-25(21-45)23-52(4,48)49)29-19-41-35(18-27(29)37(28)24(2)3)42-34-8-12-40-38(43-34)44-14-9-33(30(39)22-44)51-26-10-15-50-16-11-26/h5,8,12,17-19,24-26,30-31,33H,1,6-7,9-11,13-16,20-23H2,2-4H3,(H,40,41,42,43)/t30-,31+,33+/m0/s1. The monoisotopic (exact) mass is 735 g/mol. The summed E-state index contributed by atoms with van der Waals surface area (Å²) >= 11 is 0. The summed E-state index contributed by atoms with van der Waals surface area (Å²) in [7, 11) is -3.09. The van der Waals surface area contributed by atoms with Crippen LogP contribution in [0.5, 0.6) is 0 Å². The second kappa shape index (κ2) is 15.2. The number of amides is 1. The summed E-state index contributed by atoms with van der Waals surface area (Å²) in [6, 6.07) is 5.92. The molecule has 280 valence electrons. The number of sulfone groups is 1. The number of pyridine rings is 1. The number of benzene rings is 1. The first-order valence-electron chi connectivity index (χ1n) is 18.5. The van der Waals surface area contributed by atoms with E-state index < -0.39 is 22.1 Å². The highest BCUT2D eigenvalue weighted by molar-refractivity contribution is 7.90. The summed E-state index contributed by atoms with van der Waals surface area (Å²) in [6.45, 7) is 12.1. The maximum atomic E-state index is 15.3. The predicted molar refractivity (Wildman–Crippen MR) is 201 cm³/mol. The summed E-state index contributed by atoms with van der Waals surface area (Å²) < 4.78 is 51.0. The molecule has 7 rings (SSSR count). The van der Waals surface area contributed by atoms with Crippen LogP contribution in [0.1, 0.15) is 69.0 Å². The van der Waals surface area contributed by atoms with Crippen molar-refractivity contribution in [2.45, 2.75) is 76.3 Å². The molecule has 4 saturated heterocycles. The summed E-state index contributed by atoms with van der Waals surface area (Å²) in [5.41, 5.74) is 3.24. The minimum Gasteiger partial charge on any atom is -0.381 e. The Balaban J connectivity index is 1.17. The van der Waals surface area contributed by atoms with Crippen molar-refractivity contribution in [3.63, 3.8) is 0 Å². The lowest BCUT2D eigenvalue weighted by Gasteiger charge is -2.42. The molecule has 2 aromatic heterocycles. The number of rotatable bonds is 11. The number of ether oxygens (including phenoxy) is 2. The van der Waals surface area contributed by atoms with Gasteiger partial charge in [0.2, 0.25) is 11.9 Å². The molecule has 1 amide bonds. The van der Waals surface area contributed by atoms with E-state index in [1.54, 1.807) is 12.3 Å². The van der Waals surface area contributed by atoms with E-state index in [-0.39, 0.29) is 42.2 Å². The summed E-state index contributed by atoms with van der Waals surface area (Å²) in [5, 5.41) is 5.36. The largest absolute Gasteiger partial charge is 0.381 e. The number of likely N-dealkylation sites (tertiary alicyclic amines) is 1. The lowest BCUT2D eigenvalue weighted by Crippen LogP contribution is -2.49. The Bertz CT molecular complexity index is 1900. The van der Waals surface area contributed by atoms with Gasteiger partial charge < -0.3 is 29.5 Å². The number of fused-ring (bicyclic) bond motifs is 1. The normalized spacial score (nSPS) is 23.3. The first-order chi connectivity index (χ1) is 25.0. The highest BCUT2D eigenvalue weighted by Gasteiger charge is 2.36. The van der Waals surface area contributed by atoms with Crippen LogP contribution in [0.2, 0.25) is 0 Å². The molecule has 6 heterocycles. The molecule has 0 saturated carbocycles. The molecule has 0 aliphatic carbocycles. The number of nitrogens with zero attached hydrogens (tertiary/aromatic N) is 6. The van der Waals surface area contributed by atoms with E-state index in [1.165, 1.54) is 12.3 Å². The topological polar surface area (TPSA) is 130 Å². The molecule has 14 heteroatoms. The molecule has 3 atom stereocenters. The molecule has 12 nitrogen and oxygen atoms in total. The lowest BCUT2D eigenvalue weighted by atomic mass is 9.85. The van der Waals surface area contributed by atoms with E-state index in [0.29, 0.717) is 63.4 Å². The third kappa shape index (κ3) is 7.89. The van der Waals surface area contributed by atoms with Crippen LogP contribution in [-0.4, -0.2) is 111 Å². The Morgan fingerprint density at radius 2 is 1.87 bits per heavy atom. The molecule has 0 unspecified atom stereocenters. The number of piperidine rings is 1. The van der Waals surface area contributed by atoms with Gasteiger partial charge in [-0.05, 0) is 78.8 Å². The van der Waals surface area contributed by atoms with Crippen LogP contribution >= 0.6 is 0 Å². The van der Waals surface area contributed by atoms with Crippen molar-refractivity contribution in [2.75, 3.05) is 73.1 Å². The molecule has 3 aromatic rings. The Kier molecular flexibility index (Phi) is 10.7. The van der Waals surface area contributed by atoms with Crippen LogP contribution < -0.4 is 15.1 Å². The quantitative estimate of drug-likeness (QED) is 0.257. The number of hydrogen-bond acceptors (Lipinski definition) is 11. The molecule has 4 aliphatic heterocycles. The van der Waals surface area contributed by atoms with E-state index in [4.69, 9.17) is 19.4 Å². The highest BCUT2D eigenvalue weighted by Crippen LogP contribution is 2.45. The third-order valence-corrected chi connectivity index (χ3v) is 11.8. The summed E-state index contributed by atoms with van der Waals surface area (Å²) in [4.78, 5) is 33.0. The number of carbonyl (C=O) groups is 1. The van der Waals surface area contributed by atoms with Crippen LogP contribution in [0.3, 0.4) is 0 Å². The number of alkyl halides is 1. The maximum absolute atomic E-state index is 15.3. The molecule has 1 N–H and O–H groups in total. The van der Waals surface area contributed by atoms with Crippen molar-refractivity contribution < 1.29 is 27.1 Å². The maximum Gasteiger partial charge on any atom is 0.246 e. The Hall–Kier alpha value is -3.88. The van der Waals surface area contributed by atoms with Crippen molar-refractivity contribution >= 4 is 49.8 Å². The van der Waals surface area contributed by atoms with E-state index >= 15 is 4.39 Å². The van der Waals surface area contributed by atoms with Gasteiger partial charge >= 0.3 is 0 Å². The zero-order valence-corrected chi connectivity index (χ0v) is 31.2. The van der Waals surface area contributed by atoms with Gasteiger partial charge in [-0.15, -0.1) is 0 Å². The zero-order chi connectivity index (χ0) is 36.6. The zero-order valence-electron chi connectivity index (χ0n) is 30.3. The molecule has 52 heavy (non-hydrogen) atoms. The number of halogens is 1. The fraction of sp³-hybridized carbons (Fsp3) is 0.579. The highest BCUT2D eigenvalue weighted by atomic mass is 32.2. The Labute approximate surface area is 305 Å². The molecule has 0 spiro atoms. The van der Waals surface area contributed by atoms with Crippen LogP contribution in [0, 0.1) is 5.92 Å². The minimum absolute atomic E-state index is 0.0413.